The normalized spacial score (nSPS) is 16.7. The fourth-order valence-electron chi connectivity index (χ4n) is 3.79. The van der Waals surface area contributed by atoms with E-state index in [1.54, 1.807) is 18.3 Å². The van der Waals surface area contributed by atoms with Crippen LogP contribution in [-0.4, -0.2) is 28.9 Å². The van der Waals surface area contributed by atoms with E-state index in [9.17, 15) is 4.79 Å². The van der Waals surface area contributed by atoms with E-state index in [-0.39, 0.29) is 5.91 Å². The molecule has 2 aliphatic heterocycles. The molecule has 0 unspecified atom stereocenters. The molecule has 30 heavy (non-hydrogen) atoms. The van der Waals surface area contributed by atoms with E-state index >= 15 is 0 Å². The average molecular weight is 440 g/mol. The van der Waals surface area contributed by atoms with E-state index in [1.807, 2.05) is 23.1 Å². The summed E-state index contributed by atoms with van der Waals surface area (Å²) in [5.74, 6) is 0.867. The van der Waals surface area contributed by atoms with Gasteiger partial charge in [0.15, 0.2) is 0 Å². The highest BCUT2D eigenvalue weighted by molar-refractivity contribution is 6.43. The van der Waals surface area contributed by atoms with Crippen LogP contribution in [0.1, 0.15) is 36.0 Å². The third-order valence-electron chi connectivity index (χ3n) is 5.45. The summed E-state index contributed by atoms with van der Waals surface area (Å²) in [7, 11) is 0. The maximum atomic E-state index is 12.7. The monoisotopic (exact) mass is 439 g/mol. The number of pyridine rings is 1. The minimum Gasteiger partial charge on any atom is -0.344 e. The maximum absolute atomic E-state index is 12.7. The Labute approximate surface area is 186 Å². The van der Waals surface area contributed by atoms with E-state index < -0.39 is 0 Å². The van der Waals surface area contributed by atoms with Crippen LogP contribution in [0, 0.1) is 0 Å². The molecule has 2 aliphatic rings. The van der Waals surface area contributed by atoms with Crippen LogP contribution in [0.2, 0.25) is 10.0 Å². The van der Waals surface area contributed by atoms with E-state index in [2.05, 4.69) is 29.0 Å². The van der Waals surface area contributed by atoms with Crippen molar-refractivity contribution in [2.45, 2.75) is 25.7 Å². The van der Waals surface area contributed by atoms with Crippen molar-refractivity contribution in [3.05, 3.63) is 81.6 Å². The molecule has 0 fully saturated rings. The second kappa shape index (κ2) is 9.07. The molecule has 1 N–H and O–H groups in total. The van der Waals surface area contributed by atoms with Crippen molar-refractivity contribution in [2.24, 2.45) is 0 Å². The van der Waals surface area contributed by atoms with Crippen molar-refractivity contribution < 1.29 is 4.79 Å². The molecule has 0 aliphatic carbocycles. The first-order chi connectivity index (χ1) is 14.5. The van der Waals surface area contributed by atoms with Crippen LogP contribution in [0.25, 0.3) is 11.6 Å². The van der Waals surface area contributed by atoms with Crippen LogP contribution in [0.15, 0.2) is 54.9 Å². The van der Waals surface area contributed by atoms with Gasteiger partial charge in [-0.25, -0.2) is 4.98 Å². The maximum Gasteiger partial charge on any atom is 0.246 e. The third-order valence-corrected chi connectivity index (χ3v) is 6.27. The van der Waals surface area contributed by atoms with Crippen molar-refractivity contribution in [3.63, 3.8) is 0 Å². The zero-order valence-electron chi connectivity index (χ0n) is 16.6. The largest absolute Gasteiger partial charge is 0.344 e. The van der Waals surface area contributed by atoms with Gasteiger partial charge in [-0.2, -0.15) is 0 Å². The molecule has 1 amide bonds. The fraction of sp³-hybridized carbons (Fsp3) is 0.250. The number of hydrogen-bond donors (Lipinski definition) is 1. The number of amides is 1. The molecule has 3 heterocycles. The first-order valence-electron chi connectivity index (χ1n) is 10.1. The Morgan fingerprint density at radius 1 is 1.20 bits per heavy atom. The number of hydrogen-bond acceptors (Lipinski definition) is 3. The van der Waals surface area contributed by atoms with Gasteiger partial charge in [0.25, 0.3) is 0 Å². The van der Waals surface area contributed by atoms with Crippen molar-refractivity contribution in [1.82, 2.24) is 9.88 Å². The Bertz CT molecular complexity index is 1060. The second-order valence-electron chi connectivity index (χ2n) is 7.53. The van der Waals surface area contributed by atoms with Crippen LogP contribution in [0.5, 0.6) is 0 Å². The Morgan fingerprint density at radius 2 is 2.07 bits per heavy atom. The second-order valence-corrected chi connectivity index (χ2v) is 8.32. The number of aromatic nitrogens is 1. The van der Waals surface area contributed by atoms with Gasteiger partial charge in [-0.3, -0.25) is 4.79 Å². The predicted octanol–water partition coefficient (Wildman–Crippen LogP) is 5.98. The number of halogens is 2. The van der Waals surface area contributed by atoms with Gasteiger partial charge in [0, 0.05) is 31.1 Å². The first kappa shape index (κ1) is 20.7. The SMILES string of the molecule is C=C1CCc2cc(/C=C/C(=O)N3CCC=C(c4cccc(Cl)c4Cl)CC3)cnc2N1. The highest BCUT2D eigenvalue weighted by Crippen LogP contribution is 2.33. The Hall–Kier alpha value is -2.56. The lowest BCUT2D eigenvalue weighted by Crippen LogP contribution is -2.30. The summed E-state index contributed by atoms with van der Waals surface area (Å²) < 4.78 is 0. The summed E-state index contributed by atoms with van der Waals surface area (Å²) in [4.78, 5) is 19.1. The predicted molar refractivity (Wildman–Crippen MR) is 125 cm³/mol. The number of anilines is 1. The lowest BCUT2D eigenvalue weighted by Gasteiger charge is -2.19. The minimum absolute atomic E-state index is 0.00562. The van der Waals surface area contributed by atoms with Gasteiger partial charge >= 0.3 is 0 Å². The van der Waals surface area contributed by atoms with Crippen LogP contribution in [-0.2, 0) is 11.2 Å². The molecule has 4 nitrogen and oxygen atoms in total. The Balaban J connectivity index is 1.40. The number of aryl methyl sites for hydroxylation is 1. The van der Waals surface area contributed by atoms with Crippen molar-refractivity contribution >= 4 is 46.6 Å². The summed E-state index contributed by atoms with van der Waals surface area (Å²) in [6.45, 7) is 5.28. The highest BCUT2D eigenvalue weighted by Gasteiger charge is 2.17. The molecule has 154 valence electrons. The van der Waals surface area contributed by atoms with Gasteiger partial charge in [0.05, 0.1) is 10.0 Å². The molecular weight excluding hydrogens is 417 g/mol. The molecule has 0 atom stereocenters. The molecule has 1 aromatic carbocycles. The van der Waals surface area contributed by atoms with E-state index in [4.69, 9.17) is 23.2 Å². The van der Waals surface area contributed by atoms with Crippen molar-refractivity contribution in [2.75, 3.05) is 18.4 Å². The smallest absolute Gasteiger partial charge is 0.246 e. The molecule has 0 saturated heterocycles. The van der Waals surface area contributed by atoms with Crippen molar-refractivity contribution in [3.8, 4) is 0 Å². The molecule has 0 saturated carbocycles. The molecule has 4 rings (SSSR count). The number of nitrogens with one attached hydrogen (secondary N) is 1. The van der Waals surface area contributed by atoms with Crippen LogP contribution < -0.4 is 5.32 Å². The zero-order valence-corrected chi connectivity index (χ0v) is 18.1. The number of nitrogens with zero attached hydrogens (tertiary/aromatic N) is 2. The van der Waals surface area contributed by atoms with Gasteiger partial charge in [-0.15, -0.1) is 0 Å². The van der Waals surface area contributed by atoms with Crippen LogP contribution in [0.3, 0.4) is 0 Å². The number of benzene rings is 1. The van der Waals surface area contributed by atoms with Crippen LogP contribution in [0.4, 0.5) is 5.82 Å². The van der Waals surface area contributed by atoms with Crippen molar-refractivity contribution in [1.29, 1.82) is 0 Å². The number of fused-ring (bicyclic) bond motifs is 1. The molecule has 0 bridgehead atoms. The van der Waals surface area contributed by atoms with E-state index in [0.29, 0.717) is 23.1 Å². The topological polar surface area (TPSA) is 45.2 Å². The number of carbonyl (C=O) groups is 1. The van der Waals surface area contributed by atoms with E-state index in [0.717, 1.165) is 59.5 Å². The standard InChI is InChI=1S/C24H23Cl2N3O/c1-16-7-9-19-14-17(15-27-24(19)28-16)8-10-22(30)29-12-3-4-18(11-13-29)20-5-2-6-21(25)23(20)26/h2,4-6,8,10,14-15H,1,3,7,9,11-13H2,(H,27,28)/b10-8+. The summed E-state index contributed by atoms with van der Waals surface area (Å²) in [5.41, 5.74) is 5.15. The number of allylic oxidation sites excluding steroid dienone is 1. The minimum atomic E-state index is 0.00562. The molecular formula is C24H23Cl2N3O. The lowest BCUT2D eigenvalue weighted by molar-refractivity contribution is -0.125. The van der Waals surface area contributed by atoms with Gasteiger partial charge in [-0.05, 0) is 66.2 Å². The van der Waals surface area contributed by atoms with Gasteiger partial charge in [-0.1, -0.05) is 48.0 Å². The Kier molecular flexibility index (Phi) is 6.26. The summed E-state index contributed by atoms with van der Waals surface area (Å²) >= 11 is 12.5. The van der Waals surface area contributed by atoms with Gasteiger partial charge in [0.2, 0.25) is 5.91 Å². The Morgan fingerprint density at radius 3 is 2.93 bits per heavy atom. The number of carbonyl (C=O) groups excluding carboxylic acids is 1. The van der Waals surface area contributed by atoms with Gasteiger partial charge in [0.1, 0.15) is 5.82 Å². The molecule has 1 aromatic heterocycles. The summed E-state index contributed by atoms with van der Waals surface area (Å²) in [6.07, 6.45) is 10.8. The van der Waals surface area contributed by atoms with E-state index in [1.165, 1.54) is 0 Å². The zero-order chi connectivity index (χ0) is 21.1. The molecule has 2 aromatic rings. The fourth-order valence-corrected chi connectivity index (χ4v) is 4.21. The molecule has 6 heteroatoms. The van der Waals surface area contributed by atoms with Crippen LogP contribution >= 0.6 is 23.2 Å². The third kappa shape index (κ3) is 4.61. The summed E-state index contributed by atoms with van der Waals surface area (Å²) in [5, 5.41) is 4.33. The molecule has 0 radical (unpaired) electrons. The number of rotatable bonds is 3. The lowest BCUT2D eigenvalue weighted by atomic mass is 10.0. The highest BCUT2D eigenvalue weighted by atomic mass is 35.5. The van der Waals surface area contributed by atoms with Gasteiger partial charge < -0.3 is 10.2 Å². The average Bonchev–Trinajstić information content (AvgIpc) is 3.00. The first-order valence-corrected chi connectivity index (χ1v) is 10.8. The quantitative estimate of drug-likeness (QED) is 0.598. The summed E-state index contributed by atoms with van der Waals surface area (Å²) in [6, 6.07) is 7.74. The molecule has 0 spiro atoms.